The number of ether oxygens (including phenoxy) is 1. The van der Waals surface area contributed by atoms with E-state index in [9.17, 15) is 4.79 Å². The molecule has 1 aliphatic rings. The fourth-order valence-corrected chi connectivity index (χ4v) is 2.71. The van der Waals surface area contributed by atoms with Crippen molar-refractivity contribution in [1.82, 2.24) is 5.32 Å². The number of hydrogen-bond donors (Lipinski definition) is 2. The van der Waals surface area contributed by atoms with Gasteiger partial charge in [0.2, 0.25) is 5.91 Å². The summed E-state index contributed by atoms with van der Waals surface area (Å²) >= 11 is 0. The summed E-state index contributed by atoms with van der Waals surface area (Å²) in [5.41, 5.74) is 6.53. The van der Waals surface area contributed by atoms with Crippen molar-refractivity contribution >= 4 is 18.3 Å². The zero-order chi connectivity index (χ0) is 14.4. The summed E-state index contributed by atoms with van der Waals surface area (Å²) in [6, 6.07) is 7.77. The molecule has 0 atom stereocenters. The molecule has 1 saturated carbocycles. The Hall–Kier alpha value is -1.26. The van der Waals surface area contributed by atoms with Gasteiger partial charge in [0.05, 0.1) is 12.1 Å². The van der Waals surface area contributed by atoms with Gasteiger partial charge in [-0.1, -0.05) is 37.5 Å². The van der Waals surface area contributed by atoms with E-state index in [1.54, 1.807) is 0 Å². The van der Waals surface area contributed by atoms with Crippen molar-refractivity contribution in [1.29, 1.82) is 0 Å². The van der Waals surface area contributed by atoms with Crippen molar-refractivity contribution in [2.24, 2.45) is 5.73 Å². The number of nitrogens with two attached hydrogens (primary N) is 1. The number of halogens is 1. The van der Waals surface area contributed by atoms with Gasteiger partial charge in [0, 0.05) is 12.1 Å². The molecule has 118 valence electrons. The van der Waals surface area contributed by atoms with Crippen molar-refractivity contribution in [3.8, 4) is 5.75 Å². The van der Waals surface area contributed by atoms with E-state index in [0.29, 0.717) is 13.2 Å². The summed E-state index contributed by atoms with van der Waals surface area (Å²) in [7, 11) is 0. The molecule has 0 aromatic heterocycles. The molecule has 1 aliphatic carbocycles. The largest absolute Gasteiger partial charge is 0.494 e. The van der Waals surface area contributed by atoms with E-state index in [0.717, 1.165) is 37.0 Å². The quantitative estimate of drug-likeness (QED) is 0.878. The molecule has 1 aromatic rings. The summed E-state index contributed by atoms with van der Waals surface area (Å²) in [4.78, 5) is 12.3. The van der Waals surface area contributed by atoms with Crippen molar-refractivity contribution in [3.63, 3.8) is 0 Å². The van der Waals surface area contributed by atoms with Crippen LogP contribution in [-0.2, 0) is 11.3 Å². The Labute approximate surface area is 132 Å². The molecule has 5 heteroatoms. The fraction of sp³-hybridized carbons (Fsp3) is 0.562. The monoisotopic (exact) mass is 312 g/mol. The SMILES string of the molecule is CCOc1ccccc1CNC(=O)C1(N)CCCCC1.Cl. The van der Waals surface area contributed by atoms with E-state index < -0.39 is 5.54 Å². The molecule has 0 saturated heterocycles. The van der Waals surface area contributed by atoms with Gasteiger partial charge < -0.3 is 15.8 Å². The normalized spacial score (nSPS) is 16.7. The van der Waals surface area contributed by atoms with Gasteiger partial charge in [-0.2, -0.15) is 0 Å². The summed E-state index contributed by atoms with van der Waals surface area (Å²) in [5, 5.41) is 2.96. The average Bonchev–Trinajstić information content (AvgIpc) is 2.47. The van der Waals surface area contributed by atoms with Crippen molar-refractivity contribution < 1.29 is 9.53 Å². The lowest BCUT2D eigenvalue weighted by molar-refractivity contribution is -0.127. The number of para-hydroxylation sites is 1. The van der Waals surface area contributed by atoms with Crippen LogP contribution in [0, 0.1) is 0 Å². The Morgan fingerprint density at radius 3 is 2.62 bits per heavy atom. The second-order valence-electron chi connectivity index (χ2n) is 5.44. The molecule has 0 radical (unpaired) electrons. The molecule has 1 aromatic carbocycles. The lowest BCUT2D eigenvalue weighted by atomic mass is 9.82. The minimum Gasteiger partial charge on any atom is -0.494 e. The minimum absolute atomic E-state index is 0. The second kappa shape index (κ2) is 8.25. The van der Waals surface area contributed by atoms with Gasteiger partial charge in [0.1, 0.15) is 5.75 Å². The van der Waals surface area contributed by atoms with Crippen molar-refractivity contribution in [3.05, 3.63) is 29.8 Å². The number of rotatable bonds is 5. The maximum Gasteiger partial charge on any atom is 0.240 e. The first-order valence-electron chi connectivity index (χ1n) is 7.43. The first-order valence-corrected chi connectivity index (χ1v) is 7.43. The number of carbonyl (C=O) groups excluding carboxylic acids is 1. The van der Waals surface area contributed by atoms with E-state index in [2.05, 4.69) is 5.32 Å². The van der Waals surface area contributed by atoms with Gasteiger partial charge in [-0.3, -0.25) is 4.79 Å². The van der Waals surface area contributed by atoms with Gasteiger partial charge in [0.15, 0.2) is 0 Å². The molecule has 1 fully saturated rings. The summed E-state index contributed by atoms with van der Waals surface area (Å²) < 4.78 is 5.56. The van der Waals surface area contributed by atoms with Crippen LogP contribution in [0.4, 0.5) is 0 Å². The van der Waals surface area contributed by atoms with E-state index >= 15 is 0 Å². The third kappa shape index (κ3) is 4.61. The van der Waals surface area contributed by atoms with Crippen LogP contribution in [-0.4, -0.2) is 18.1 Å². The first kappa shape index (κ1) is 17.8. The van der Waals surface area contributed by atoms with Crippen LogP contribution in [0.2, 0.25) is 0 Å². The van der Waals surface area contributed by atoms with Gasteiger partial charge in [0.25, 0.3) is 0 Å². The molecule has 0 aliphatic heterocycles. The smallest absolute Gasteiger partial charge is 0.240 e. The highest BCUT2D eigenvalue weighted by Crippen LogP contribution is 2.26. The predicted molar refractivity (Wildman–Crippen MR) is 86.7 cm³/mol. The standard InChI is InChI=1S/C16H24N2O2.ClH/c1-2-20-14-9-5-4-8-13(14)12-18-15(19)16(17)10-6-3-7-11-16;/h4-5,8-9H,2-3,6-7,10-12,17H2,1H3,(H,18,19);1H. The summed E-state index contributed by atoms with van der Waals surface area (Å²) in [5.74, 6) is 0.786. The van der Waals surface area contributed by atoms with Crippen LogP contribution in [0.1, 0.15) is 44.6 Å². The number of amides is 1. The first-order chi connectivity index (χ1) is 9.65. The van der Waals surface area contributed by atoms with Crippen LogP contribution < -0.4 is 15.8 Å². The van der Waals surface area contributed by atoms with Gasteiger partial charge in [-0.05, 0) is 25.8 Å². The molecule has 21 heavy (non-hydrogen) atoms. The lowest BCUT2D eigenvalue weighted by Crippen LogP contribution is -2.54. The second-order valence-corrected chi connectivity index (χ2v) is 5.44. The number of benzene rings is 1. The zero-order valence-corrected chi connectivity index (χ0v) is 13.4. The molecular formula is C16H25ClN2O2. The minimum atomic E-state index is -0.682. The van der Waals surface area contributed by atoms with Crippen LogP contribution >= 0.6 is 12.4 Å². The van der Waals surface area contributed by atoms with Crippen LogP contribution in [0.25, 0.3) is 0 Å². The van der Waals surface area contributed by atoms with Crippen molar-refractivity contribution in [2.45, 2.75) is 51.1 Å². The van der Waals surface area contributed by atoms with Crippen LogP contribution in [0.3, 0.4) is 0 Å². The molecule has 4 nitrogen and oxygen atoms in total. The summed E-state index contributed by atoms with van der Waals surface area (Å²) in [6.07, 6.45) is 4.83. The molecule has 3 N–H and O–H groups in total. The summed E-state index contributed by atoms with van der Waals surface area (Å²) in [6.45, 7) is 3.03. The van der Waals surface area contributed by atoms with Crippen LogP contribution in [0.15, 0.2) is 24.3 Å². The number of carbonyl (C=O) groups is 1. The fourth-order valence-electron chi connectivity index (χ4n) is 2.71. The highest BCUT2D eigenvalue weighted by Gasteiger charge is 2.34. The number of nitrogens with one attached hydrogen (secondary N) is 1. The van der Waals surface area contributed by atoms with E-state index in [-0.39, 0.29) is 18.3 Å². The Morgan fingerprint density at radius 1 is 1.29 bits per heavy atom. The molecular weight excluding hydrogens is 288 g/mol. The zero-order valence-electron chi connectivity index (χ0n) is 12.6. The molecule has 0 bridgehead atoms. The van der Waals surface area contributed by atoms with E-state index in [1.807, 2.05) is 31.2 Å². The number of hydrogen-bond acceptors (Lipinski definition) is 3. The third-order valence-electron chi connectivity index (χ3n) is 3.91. The van der Waals surface area contributed by atoms with Crippen molar-refractivity contribution in [2.75, 3.05) is 6.61 Å². The molecule has 2 rings (SSSR count). The maximum atomic E-state index is 12.3. The lowest BCUT2D eigenvalue weighted by Gasteiger charge is -2.31. The van der Waals surface area contributed by atoms with E-state index in [1.165, 1.54) is 6.42 Å². The molecule has 0 heterocycles. The maximum absolute atomic E-state index is 12.3. The Morgan fingerprint density at radius 2 is 1.95 bits per heavy atom. The molecule has 0 spiro atoms. The molecule has 0 unspecified atom stereocenters. The Kier molecular flexibility index (Phi) is 6.99. The highest BCUT2D eigenvalue weighted by molar-refractivity contribution is 5.86. The third-order valence-corrected chi connectivity index (χ3v) is 3.91. The Bertz CT molecular complexity index is 459. The van der Waals surface area contributed by atoms with Gasteiger partial charge >= 0.3 is 0 Å². The van der Waals surface area contributed by atoms with Gasteiger partial charge in [-0.25, -0.2) is 0 Å². The topological polar surface area (TPSA) is 64.3 Å². The van der Waals surface area contributed by atoms with Crippen LogP contribution in [0.5, 0.6) is 5.75 Å². The molecule has 1 amide bonds. The highest BCUT2D eigenvalue weighted by atomic mass is 35.5. The van der Waals surface area contributed by atoms with E-state index in [4.69, 9.17) is 10.5 Å². The van der Waals surface area contributed by atoms with Gasteiger partial charge in [-0.15, -0.1) is 12.4 Å². The predicted octanol–water partition coefficient (Wildman–Crippen LogP) is 2.78. The Balaban J connectivity index is 0.00000220. The average molecular weight is 313 g/mol.